The fraction of sp³-hybridized carbons (Fsp3) is 0.500. The van der Waals surface area contributed by atoms with Crippen molar-refractivity contribution in [1.29, 1.82) is 0 Å². The Morgan fingerprint density at radius 1 is 1.18 bits per heavy atom. The third kappa shape index (κ3) is 4.49. The largest absolute Gasteiger partial charge is 0.466 e. The maximum Gasteiger partial charge on any atom is 0.330 e. The number of nitro benzene ring substituents is 1. The highest BCUT2D eigenvalue weighted by Crippen LogP contribution is 2.31. The van der Waals surface area contributed by atoms with Gasteiger partial charge < -0.3 is 14.5 Å². The van der Waals surface area contributed by atoms with E-state index in [9.17, 15) is 19.7 Å². The molecule has 0 radical (unpaired) electrons. The molecule has 1 aliphatic heterocycles. The summed E-state index contributed by atoms with van der Waals surface area (Å²) in [6.07, 6.45) is 6.92. The standard InChI is InChI=1S/C20H25N3O5/c1-28-19(24)9-7-15-6-8-17(18(14-15)23(26)27)21-10-12-22(13-11-21)20(25)16-4-2-3-5-16/h6-9,14,16H,2-5,10-13H2,1H3/b9-7+. The molecule has 3 rings (SSSR count). The van der Waals surface area contributed by atoms with Gasteiger partial charge in [-0.3, -0.25) is 14.9 Å². The zero-order chi connectivity index (χ0) is 20.1. The minimum Gasteiger partial charge on any atom is -0.466 e. The average molecular weight is 387 g/mol. The van der Waals surface area contributed by atoms with Gasteiger partial charge in [0.15, 0.2) is 0 Å². The Morgan fingerprint density at radius 2 is 1.86 bits per heavy atom. The number of benzene rings is 1. The smallest absolute Gasteiger partial charge is 0.330 e. The quantitative estimate of drug-likeness (QED) is 0.334. The number of rotatable bonds is 5. The Labute approximate surface area is 163 Å². The average Bonchev–Trinajstić information content (AvgIpc) is 3.26. The van der Waals surface area contributed by atoms with E-state index in [0.29, 0.717) is 37.4 Å². The summed E-state index contributed by atoms with van der Waals surface area (Å²) in [6.45, 7) is 2.29. The number of hydrogen-bond acceptors (Lipinski definition) is 6. The number of carbonyl (C=O) groups is 2. The molecule has 2 fully saturated rings. The van der Waals surface area contributed by atoms with Crippen molar-refractivity contribution in [2.45, 2.75) is 25.7 Å². The van der Waals surface area contributed by atoms with Crippen molar-refractivity contribution < 1.29 is 19.2 Å². The number of nitro groups is 1. The molecule has 150 valence electrons. The SMILES string of the molecule is COC(=O)/C=C/c1ccc(N2CCN(C(=O)C3CCCC3)CC2)c([N+](=O)[O-])c1. The minimum atomic E-state index is -0.519. The van der Waals surface area contributed by atoms with E-state index in [1.54, 1.807) is 12.1 Å². The normalized spacial score (nSPS) is 17.9. The van der Waals surface area contributed by atoms with E-state index in [2.05, 4.69) is 4.74 Å². The predicted molar refractivity (Wildman–Crippen MR) is 105 cm³/mol. The van der Waals surface area contributed by atoms with Gasteiger partial charge >= 0.3 is 5.97 Å². The van der Waals surface area contributed by atoms with Crippen LogP contribution in [0, 0.1) is 16.0 Å². The van der Waals surface area contributed by atoms with Gasteiger partial charge in [-0.25, -0.2) is 4.79 Å². The summed E-state index contributed by atoms with van der Waals surface area (Å²) in [5, 5.41) is 11.6. The van der Waals surface area contributed by atoms with Crippen molar-refractivity contribution in [1.82, 2.24) is 4.90 Å². The van der Waals surface area contributed by atoms with E-state index >= 15 is 0 Å². The zero-order valence-electron chi connectivity index (χ0n) is 16.0. The number of esters is 1. The summed E-state index contributed by atoms with van der Waals surface area (Å²) in [5.41, 5.74) is 1.08. The van der Waals surface area contributed by atoms with Crippen molar-refractivity contribution in [2.24, 2.45) is 5.92 Å². The van der Waals surface area contributed by atoms with Gasteiger partial charge in [0, 0.05) is 44.2 Å². The predicted octanol–water partition coefficient (Wildman–Crippen LogP) is 2.62. The number of hydrogen-bond donors (Lipinski definition) is 0. The lowest BCUT2D eigenvalue weighted by molar-refractivity contribution is -0.384. The molecule has 1 saturated heterocycles. The highest BCUT2D eigenvalue weighted by Gasteiger charge is 2.30. The van der Waals surface area contributed by atoms with E-state index in [0.717, 1.165) is 25.7 Å². The monoisotopic (exact) mass is 387 g/mol. The second kappa shape index (κ2) is 8.86. The van der Waals surface area contributed by atoms with Crippen LogP contribution in [0.4, 0.5) is 11.4 Å². The minimum absolute atomic E-state index is 0.0115. The number of ether oxygens (including phenoxy) is 1. The van der Waals surface area contributed by atoms with Crippen LogP contribution >= 0.6 is 0 Å². The summed E-state index contributed by atoms with van der Waals surface area (Å²) in [4.78, 5) is 38.8. The molecular formula is C20H25N3O5. The van der Waals surface area contributed by atoms with Crippen LogP contribution in [-0.2, 0) is 14.3 Å². The van der Waals surface area contributed by atoms with Crippen LogP contribution < -0.4 is 4.90 Å². The van der Waals surface area contributed by atoms with Crippen LogP contribution in [0.25, 0.3) is 6.08 Å². The van der Waals surface area contributed by atoms with Gasteiger partial charge in [0.05, 0.1) is 12.0 Å². The zero-order valence-corrected chi connectivity index (χ0v) is 16.0. The van der Waals surface area contributed by atoms with Gasteiger partial charge in [0.25, 0.3) is 5.69 Å². The van der Waals surface area contributed by atoms with E-state index in [1.807, 2.05) is 9.80 Å². The second-order valence-corrected chi connectivity index (χ2v) is 7.16. The van der Waals surface area contributed by atoms with Crippen LogP contribution in [0.15, 0.2) is 24.3 Å². The van der Waals surface area contributed by atoms with Crippen LogP contribution in [0.5, 0.6) is 0 Å². The first-order valence-corrected chi connectivity index (χ1v) is 9.58. The van der Waals surface area contributed by atoms with Crippen molar-refractivity contribution in [3.05, 3.63) is 40.0 Å². The lowest BCUT2D eigenvalue weighted by Gasteiger charge is -2.37. The molecule has 8 nitrogen and oxygen atoms in total. The molecule has 1 amide bonds. The van der Waals surface area contributed by atoms with Crippen LogP contribution in [0.1, 0.15) is 31.2 Å². The van der Waals surface area contributed by atoms with Gasteiger partial charge in [-0.1, -0.05) is 18.9 Å². The molecule has 1 aromatic carbocycles. The fourth-order valence-corrected chi connectivity index (χ4v) is 3.89. The number of nitrogens with zero attached hydrogens (tertiary/aromatic N) is 3. The van der Waals surface area contributed by atoms with Gasteiger partial charge in [-0.2, -0.15) is 0 Å². The molecule has 0 atom stereocenters. The Hall–Kier alpha value is -2.90. The molecule has 1 aliphatic carbocycles. The maximum atomic E-state index is 12.6. The summed E-state index contributed by atoms with van der Waals surface area (Å²) in [7, 11) is 1.27. The topological polar surface area (TPSA) is 93.0 Å². The Kier molecular flexibility index (Phi) is 6.28. The lowest BCUT2D eigenvalue weighted by Crippen LogP contribution is -2.50. The Morgan fingerprint density at radius 3 is 2.46 bits per heavy atom. The van der Waals surface area contributed by atoms with Gasteiger partial charge in [-0.05, 0) is 30.5 Å². The highest BCUT2D eigenvalue weighted by atomic mass is 16.6. The number of methoxy groups -OCH3 is 1. The molecule has 1 saturated carbocycles. The Bertz CT molecular complexity index is 778. The molecule has 0 N–H and O–H groups in total. The van der Waals surface area contributed by atoms with Crippen LogP contribution in [0.2, 0.25) is 0 Å². The third-order valence-electron chi connectivity index (χ3n) is 5.45. The molecule has 0 unspecified atom stereocenters. The van der Waals surface area contributed by atoms with Gasteiger partial charge in [-0.15, -0.1) is 0 Å². The van der Waals surface area contributed by atoms with Crippen molar-refractivity contribution in [3.8, 4) is 0 Å². The molecule has 28 heavy (non-hydrogen) atoms. The number of anilines is 1. The summed E-state index contributed by atoms with van der Waals surface area (Å²) in [5.74, 6) is -0.133. The molecule has 0 bridgehead atoms. The van der Waals surface area contributed by atoms with Gasteiger partial charge in [0.1, 0.15) is 5.69 Å². The van der Waals surface area contributed by atoms with Gasteiger partial charge in [0.2, 0.25) is 5.91 Å². The third-order valence-corrected chi connectivity index (χ3v) is 5.45. The van der Waals surface area contributed by atoms with E-state index < -0.39 is 10.9 Å². The molecule has 2 aliphatic rings. The van der Waals surface area contributed by atoms with Crippen molar-refractivity contribution in [2.75, 3.05) is 38.2 Å². The number of piperazine rings is 1. The van der Waals surface area contributed by atoms with E-state index in [4.69, 9.17) is 0 Å². The Balaban J connectivity index is 1.69. The second-order valence-electron chi connectivity index (χ2n) is 7.16. The summed E-state index contributed by atoms with van der Waals surface area (Å²) >= 11 is 0. The molecule has 8 heteroatoms. The van der Waals surface area contributed by atoms with E-state index in [1.165, 1.54) is 25.3 Å². The molecule has 0 aromatic heterocycles. The van der Waals surface area contributed by atoms with E-state index in [-0.39, 0.29) is 17.5 Å². The number of carbonyl (C=O) groups excluding carboxylic acids is 2. The van der Waals surface area contributed by atoms with Crippen molar-refractivity contribution >= 4 is 29.3 Å². The molecule has 1 aromatic rings. The van der Waals surface area contributed by atoms with Crippen LogP contribution in [0.3, 0.4) is 0 Å². The first-order valence-electron chi connectivity index (χ1n) is 9.58. The first kappa shape index (κ1) is 19.9. The molecular weight excluding hydrogens is 362 g/mol. The summed E-state index contributed by atoms with van der Waals surface area (Å²) in [6, 6.07) is 4.88. The lowest BCUT2D eigenvalue weighted by atomic mass is 10.1. The fourth-order valence-electron chi connectivity index (χ4n) is 3.89. The summed E-state index contributed by atoms with van der Waals surface area (Å²) < 4.78 is 4.53. The number of amides is 1. The van der Waals surface area contributed by atoms with Crippen LogP contribution in [-0.4, -0.2) is 55.0 Å². The van der Waals surface area contributed by atoms with Crippen molar-refractivity contribution in [3.63, 3.8) is 0 Å². The first-order chi connectivity index (χ1) is 13.5. The maximum absolute atomic E-state index is 12.6. The highest BCUT2D eigenvalue weighted by molar-refractivity contribution is 5.87. The molecule has 1 heterocycles. The molecule has 0 spiro atoms.